The summed E-state index contributed by atoms with van der Waals surface area (Å²) >= 11 is 0. The molecule has 0 unspecified atom stereocenters. The summed E-state index contributed by atoms with van der Waals surface area (Å²) in [6.07, 6.45) is 5.98. The molecule has 30 heavy (non-hydrogen) atoms. The molecule has 3 aromatic rings. The molecule has 0 radical (unpaired) electrons. The van der Waals surface area contributed by atoms with Crippen molar-refractivity contribution >= 4 is 18.0 Å². The van der Waals surface area contributed by atoms with E-state index >= 15 is 0 Å². The molecule has 0 nitrogen and oxygen atoms in total. The second kappa shape index (κ2) is 10.4. The van der Waals surface area contributed by atoms with Crippen molar-refractivity contribution in [3.05, 3.63) is 112 Å². The number of halogens is 2. The zero-order valence-electron chi connectivity index (χ0n) is 17.3. The van der Waals surface area contributed by atoms with E-state index in [9.17, 15) is 8.78 Å². The van der Waals surface area contributed by atoms with Gasteiger partial charge in [0.1, 0.15) is 0 Å². The minimum Gasteiger partial charge on any atom is -0.202 e. The van der Waals surface area contributed by atoms with Gasteiger partial charge in [-0.1, -0.05) is 97.6 Å². The van der Waals surface area contributed by atoms with Crippen LogP contribution in [0.15, 0.2) is 78.6 Å². The van der Waals surface area contributed by atoms with Crippen molar-refractivity contribution in [2.24, 2.45) is 0 Å². The summed E-state index contributed by atoms with van der Waals surface area (Å²) in [5, 5.41) is 0. The molecule has 150 valence electrons. The third-order valence-electron chi connectivity index (χ3n) is 4.71. The van der Waals surface area contributed by atoms with Crippen molar-refractivity contribution in [1.82, 2.24) is 0 Å². The molecule has 0 bridgehead atoms. The summed E-state index contributed by atoms with van der Waals surface area (Å²) in [6, 6.07) is 22.4. The Hall–Kier alpha value is -3.44. The molecule has 0 aliphatic rings. The molecule has 0 spiro atoms. The smallest absolute Gasteiger partial charge is 0.202 e. The third kappa shape index (κ3) is 6.03. The minimum atomic E-state index is -1.06. The molecular formula is C28H24F2. The molecule has 0 N–H and O–H groups in total. The first-order valence-corrected chi connectivity index (χ1v) is 10.1. The van der Waals surface area contributed by atoms with E-state index in [0.717, 1.165) is 24.0 Å². The molecule has 0 saturated carbocycles. The molecule has 0 aliphatic carbocycles. The first kappa shape index (κ1) is 21.3. The fraction of sp³-hybridized carbons (Fsp3) is 0.143. The summed E-state index contributed by atoms with van der Waals surface area (Å²) in [5.41, 5.74) is 5.24. The summed E-state index contributed by atoms with van der Waals surface area (Å²) in [5.74, 6) is 2.97. The molecule has 2 heteroatoms. The number of aryl methyl sites for hydroxylation is 2. The van der Waals surface area contributed by atoms with Crippen molar-refractivity contribution in [3.8, 4) is 11.8 Å². The highest BCUT2D eigenvalue weighted by atomic mass is 19.2. The van der Waals surface area contributed by atoms with Crippen LogP contribution in [0.1, 0.15) is 46.7 Å². The molecule has 0 aliphatic heterocycles. The monoisotopic (exact) mass is 398 g/mol. The van der Waals surface area contributed by atoms with Crippen LogP contribution in [-0.4, -0.2) is 0 Å². The zero-order chi connectivity index (χ0) is 21.3. The minimum absolute atomic E-state index is 0.174. The van der Waals surface area contributed by atoms with E-state index in [0.29, 0.717) is 5.56 Å². The summed E-state index contributed by atoms with van der Waals surface area (Å²) in [4.78, 5) is 0. The predicted octanol–water partition coefficient (Wildman–Crippen LogP) is 7.78. The Morgan fingerprint density at radius 2 is 1.37 bits per heavy atom. The van der Waals surface area contributed by atoms with Gasteiger partial charge in [-0.2, -0.15) is 4.39 Å². The number of allylic oxidation sites excluding steroid dienone is 1. The first-order chi connectivity index (χ1) is 14.5. The van der Waals surface area contributed by atoms with Gasteiger partial charge in [0.25, 0.3) is 0 Å². The van der Waals surface area contributed by atoms with Gasteiger partial charge in [0, 0.05) is 11.1 Å². The molecule has 3 aromatic carbocycles. The molecule has 0 amide bonds. The lowest BCUT2D eigenvalue weighted by Gasteiger charge is -2.00. The van der Waals surface area contributed by atoms with E-state index in [-0.39, 0.29) is 5.56 Å². The average molecular weight is 398 g/mol. The molecule has 0 heterocycles. The van der Waals surface area contributed by atoms with E-state index in [1.165, 1.54) is 11.1 Å². The van der Waals surface area contributed by atoms with Gasteiger partial charge in [-0.3, -0.25) is 0 Å². The van der Waals surface area contributed by atoms with Crippen LogP contribution in [-0.2, 0) is 6.42 Å². The van der Waals surface area contributed by atoms with Crippen LogP contribution in [0.3, 0.4) is 0 Å². The van der Waals surface area contributed by atoms with Crippen LogP contribution in [0, 0.1) is 18.8 Å². The summed E-state index contributed by atoms with van der Waals surface area (Å²) in [6.45, 7) is 4.16. The Balaban J connectivity index is 1.70. The zero-order valence-corrected chi connectivity index (χ0v) is 17.3. The van der Waals surface area contributed by atoms with Gasteiger partial charge in [0.05, 0.1) is 0 Å². The lowest BCUT2D eigenvalue weighted by Crippen LogP contribution is -1.84. The van der Waals surface area contributed by atoms with Crippen LogP contribution in [0.4, 0.5) is 8.78 Å². The Morgan fingerprint density at radius 1 is 0.800 bits per heavy atom. The number of hydrogen-bond donors (Lipinski definition) is 0. The van der Waals surface area contributed by atoms with E-state index in [1.807, 2.05) is 67.6 Å². The van der Waals surface area contributed by atoms with E-state index in [2.05, 4.69) is 18.8 Å². The largest absolute Gasteiger partial charge is 0.209 e. The van der Waals surface area contributed by atoms with Gasteiger partial charge >= 0.3 is 0 Å². The molecule has 0 saturated heterocycles. The van der Waals surface area contributed by atoms with Gasteiger partial charge in [-0.25, -0.2) is 4.39 Å². The van der Waals surface area contributed by atoms with Crippen LogP contribution in [0.5, 0.6) is 0 Å². The topological polar surface area (TPSA) is 0 Å². The maximum absolute atomic E-state index is 14.4. The Labute approximate surface area is 177 Å². The predicted molar refractivity (Wildman–Crippen MR) is 123 cm³/mol. The molecule has 0 aromatic heterocycles. The highest BCUT2D eigenvalue weighted by molar-refractivity contribution is 5.72. The van der Waals surface area contributed by atoms with Crippen LogP contribution in [0.25, 0.3) is 18.0 Å². The highest BCUT2D eigenvalue weighted by Crippen LogP contribution is 2.22. The van der Waals surface area contributed by atoms with E-state index < -0.39 is 11.7 Å². The van der Waals surface area contributed by atoms with E-state index in [4.69, 9.17) is 0 Å². The second-order valence-corrected chi connectivity index (χ2v) is 7.19. The SMILES string of the molecule is CCCc1ccc(C#CC(F)=C(F)c2ccc(C=Cc3ccc(C)cc3)cc2)cc1. The van der Waals surface area contributed by atoms with Gasteiger partial charge in [0.15, 0.2) is 5.83 Å². The van der Waals surface area contributed by atoms with Crippen molar-refractivity contribution in [2.45, 2.75) is 26.7 Å². The van der Waals surface area contributed by atoms with Crippen LogP contribution < -0.4 is 0 Å². The van der Waals surface area contributed by atoms with Gasteiger partial charge in [-0.15, -0.1) is 0 Å². The van der Waals surface area contributed by atoms with Crippen molar-refractivity contribution in [2.75, 3.05) is 0 Å². The normalized spacial score (nSPS) is 11.7. The molecule has 3 rings (SSSR count). The quantitative estimate of drug-likeness (QED) is 0.304. The second-order valence-electron chi connectivity index (χ2n) is 7.19. The maximum atomic E-state index is 14.4. The summed E-state index contributed by atoms with van der Waals surface area (Å²) < 4.78 is 28.6. The van der Waals surface area contributed by atoms with Crippen LogP contribution in [0.2, 0.25) is 0 Å². The fourth-order valence-corrected chi connectivity index (χ4v) is 2.96. The number of rotatable bonds is 5. The standard InChI is InChI=1S/C28H24F2/c1-3-4-22-9-11-24(12-10-22)17-20-27(29)28(30)26-18-15-25(16-19-26)14-13-23-7-5-21(2)6-8-23/h5-16,18-19H,3-4H2,1-2H3. The number of benzene rings is 3. The lowest BCUT2D eigenvalue weighted by molar-refractivity contribution is 0.635. The number of hydrogen-bond acceptors (Lipinski definition) is 0. The fourth-order valence-electron chi connectivity index (χ4n) is 2.96. The van der Waals surface area contributed by atoms with Crippen molar-refractivity contribution < 1.29 is 8.78 Å². The summed E-state index contributed by atoms with van der Waals surface area (Å²) in [7, 11) is 0. The Kier molecular flexibility index (Phi) is 7.35. The Morgan fingerprint density at radius 3 is 1.93 bits per heavy atom. The average Bonchev–Trinajstić information content (AvgIpc) is 2.78. The van der Waals surface area contributed by atoms with Crippen molar-refractivity contribution in [3.63, 3.8) is 0 Å². The lowest BCUT2D eigenvalue weighted by atomic mass is 10.1. The van der Waals surface area contributed by atoms with E-state index in [1.54, 1.807) is 24.3 Å². The van der Waals surface area contributed by atoms with Gasteiger partial charge in [-0.05, 0) is 48.1 Å². The Bertz CT molecular complexity index is 1090. The third-order valence-corrected chi connectivity index (χ3v) is 4.71. The highest BCUT2D eigenvalue weighted by Gasteiger charge is 2.06. The van der Waals surface area contributed by atoms with Crippen LogP contribution >= 0.6 is 0 Å². The van der Waals surface area contributed by atoms with Gasteiger partial charge < -0.3 is 0 Å². The first-order valence-electron chi connectivity index (χ1n) is 10.1. The van der Waals surface area contributed by atoms with Crippen molar-refractivity contribution in [1.29, 1.82) is 0 Å². The molecule has 0 atom stereocenters. The maximum Gasteiger partial charge on any atom is 0.209 e. The van der Waals surface area contributed by atoms with Gasteiger partial charge in [0.2, 0.25) is 5.83 Å². The molecule has 0 fully saturated rings. The molecular weight excluding hydrogens is 374 g/mol.